The maximum absolute atomic E-state index is 13.1. The van der Waals surface area contributed by atoms with Gasteiger partial charge in [0, 0.05) is 6.07 Å². The van der Waals surface area contributed by atoms with Gasteiger partial charge in [-0.3, -0.25) is 10.1 Å². The Kier molecular flexibility index (Phi) is 2.53. The van der Waals surface area contributed by atoms with Gasteiger partial charge in [-0.05, 0) is 31.5 Å². The van der Waals surface area contributed by atoms with Crippen molar-refractivity contribution in [3.05, 3.63) is 39.7 Å². The summed E-state index contributed by atoms with van der Waals surface area (Å²) in [7, 11) is 0. The van der Waals surface area contributed by atoms with Crippen molar-refractivity contribution in [2.75, 3.05) is 0 Å². The number of hydrogen-bond donors (Lipinski definition) is 1. The molecule has 0 aliphatic carbocycles. The monoisotopic (exact) mass is 199 g/mol. The predicted molar refractivity (Wildman–Crippen MR) is 48.3 cm³/mol. The minimum atomic E-state index is -1.20. The van der Waals surface area contributed by atoms with Crippen LogP contribution in [-0.2, 0) is 5.60 Å². The summed E-state index contributed by atoms with van der Waals surface area (Å²) < 4.78 is 13.1. The third-order valence-corrected chi connectivity index (χ3v) is 1.85. The molecule has 0 aliphatic rings. The summed E-state index contributed by atoms with van der Waals surface area (Å²) in [5.41, 5.74) is -1.48. The van der Waals surface area contributed by atoms with E-state index in [0.29, 0.717) is 5.56 Å². The Labute approximate surface area is 80.1 Å². The Balaban J connectivity index is 3.20. The van der Waals surface area contributed by atoms with Crippen molar-refractivity contribution < 1.29 is 14.4 Å². The van der Waals surface area contributed by atoms with Crippen LogP contribution in [0.4, 0.5) is 10.1 Å². The lowest BCUT2D eigenvalue weighted by atomic mass is 9.98. The summed E-state index contributed by atoms with van der Waals surface area (Å²) in [6.45, 7) is 2.96. The van der Waals surface area contributed by atoms with Gasteiger partial charge in [0.1, 0.15) is 0 Å². The fourth-order valence-electron chi connectivity index (χ4n) is 1.04. The van der Waals surface area contributed by atoms with E-state index in [9.17, 15) is 19.6 Å². The van der Waals surface area contributed by atoms with Gasteiger partial charge in [-0.2, -0.15) is 4.39 Å². The lowest BCUT2D eigenvalue weighted by Crippen LogP contribution is -2.15. The summed E-state index contributed by atoms with van der Waals surface area (Å²) in [5, 5.41) is 19.8. The number of hydrogen-bond acceptors (Lipinski definition) is 3. The fraction of sp³-hybridized carbons (Fsp3) is 0.333. The van der Waals surface area contributed by atoms with Crippen LogP contribution in [0.1, 0.15) is 19.4 Å². The molecular weight excluding hydrogens is 189 g/mol. The van der Waals surface area contributed by atoms with Crippen molar-refractivity contribution in [2.45, 2.75) is 19.4 Å². The lowest BCUT2D eigenvalue weighted by molar-refractivity contribution is -0.387. The molecule has 0 heterocycles. The maximum Gasteiger partial charge on any atom is 0.304 e. The lowest BCUT2D eigenvalue weighted by Gasteiger charge is -2.17. The normalized spacial score (nSPS) is 11.4. The van der Waals surface area contributed by atoms with Gasteiger partial charge in [0.25, 0.3) is 0 Å². The minimum Gasteiger partial charge on any atom is -0.386 e. The second kappa shape index (κ2) is 3.34. The number of halogens is 1. The average Bonchev–Trinajstić information content (AvgIpc) is 2.01. The highest BCUT2D eigenvalue weighted by molar-refractivity contribution is 5.36. The Bertz CT molecular complexity index is 371. The molecule has 1 aromatic carbocycles. The molecule has 0 aromatic heterocycles. The van der Waals surface area contributed by atoms with Crippen LogP contribution in [0.2, 0.25) is 0 Å². The molecule has 76 valence electrons. The summed E-state index contributed by atoms with van der Waals surface area (Å²) in [6.07, 6.45) is 0. The molecule has 0 radical (unpaired) electrons. The number of rotatable bonds is 2. The second-order valence-corrected chi connectivity index (χ2v) is 3.48. The van der Waals surface area contributed by atoms with E-state index >= 15 is 0 Å². The van der Waals surface area contributed by atoms with Crippen LogP contribution in [0.5, 0.6) is 0 Å². The molecule has 0 saturated heterocycles. The van der Waals surface area contributed by atoms with Gasteiger partial charge < -0.3 is 5.11 Å². The Morgan fingerprint density at radius 1 is 1.50 bits per heavy atom. The average molecular weight is 199 g/mol. The van der Waals surface area contributed by atoms with Crippen LogP contribution < -0.4 is 0 Å². The highest BCUT2D eigenvalue weighted by Crippen LogP contribution is 2.24. The van der Waals surface area contributed by atoms with Gasteiger partial charge >= 0.3 is 5.69 Å². The van der Waals surface area contributed by atoms with Crippen LogP contribution in [0.15, 0.2) is 18.2 Å². The highest BCUT2D eigenvalue weighted by Gasteiger charge is 2.21. The molecular formula is C9H10FNO3. The highest BCUT2D eigenvalue weighted by atomic mass is 19.1. The van der Waals surface area contributed by atoms with Crippen molar-refractivity contribution in [3.8, 4) is 0 Å². The molecule has 0 unspecified atom stereocenters. The third-order valence-electron chi connectivity index (χ3n) is 1.85. The SMILES string of the molecule is CC(C)(O)c1ccc([N+](=O)[O-])c(F)c1. The van der Waals surface area contributed by atoms with E-state index in [1.165, 1.54) is 19.9 Å². The molecule has 1 aromatic rings. The van der Waals surface area contributed by atoms with E-state index in [-0.39, 0.29) is 0 Å². The third kappa shape index (κ3) is 2.05. The van der Waals surface area contributed by atoms with E-state index in [1.807, 2.05) is 0 Å². The number of benzene rings is 1. The van der Waals surface area contributed by atoms with Gasteiger partial charge in [0.2, 0.25) is 5.82 Å². The number of nitro benzene ring substituents is 1. The first-order valence-corrected chi connectivity index (χ1v) is 3.99. The first kappa shape index (κ1) is 10.6. The van der Waals surface area contributed by atoms with Gasteiger partial charge in [0.05, 0.1) is 10.5 Å². The van der Waals surface area contributed by atoms with Crippen molar-refractivity contribution in [3.63, 3.8) is 0 Å². The van der Waals surface area contributed by atoms with Gasteiger partial charge in [-0.1, -0.05) is 0 Å². The topological polar surface area (TPSA) is 63.4 Å². The van der Waals surface area contributed by atoms with Crippen LogP contribution in [-0.4, -0.2) is 10.0 Å². The predicted octanol–water partition coefficient (Wildman–Crippen LogP) is 1.96. The summed E-state index contributed by atoms with van der Waals surface area (Å²) in [4.78, 5) is 9.48. The quantitative estimate of drug-likeness (QED) is 0.585. The van der Waals surface area contributed by atoms with E-state index in [1.54, 1.807) is 0 Å². The van der Waals surface area contributed by atoms with E-state index in [2.05, 4.69) is 0 Å². The molecule has 14 heavy (non-hydrogen) atoms. The van der Waals surface area contributed by atoms with Crippen LogP contribution in [0.3, 0.4) is 0 Å². The first-order valence-electron chi connectivity index (χ1n) is 3.99. The minimum absolute atomic E-state index is 0.306. The summed E-state index contributed by atoms with van der Waals surface area (Å²) >= 11 is 0. The summed E-state index contributed by atoms with van der Waals surface area (Å²) in [5.74, 6) is -0.936. The van der Waals surface area contributed by atoms with E-state index in [0.717, 1.165) is 12.1 Å². The molecule has 1 rings (SSSR count). The Morgan fingerprint density at radius 2 is 2.07 bits per heavy atom. The molecule has 4 nitrogen and oxygen atoms in total. The molecule has 0 bridgehead atoms. The van der Waals surface area contributed by atoms with E-state index < -0.39 is 22.0 Å². The van der Waals surface area contributed by atoms with Crippen LogP contribution >= 0.6 is 0 Å². The zero-order chi connectivity index (χ0) is 10.9. The van der Waals surface area contributed by atoms with Gasteiger partial charge in [0.15, 0.2) is 0 Å². The zero-order valence-electron chi connectivity index (χ0n) is 7.82. The molecule has 0 aliphatic heterocycles. The zero-order valence-corrected chi connectivity index (χ0v) is 7.82. The molecule has 0 atom stereocenters. The smallest absolute Gasteiger partial charge is 0.304 e. The molecule has 0 amide bonds. The Hall–Kier alpha value is -1.49. The molecule has 5 heteroatoms. The maximum atomic E-state index is 13.1. The molecule has 0 fully saturated rings. The van der Waals surface area contributed by atoms with Gasteiger partial charge in [-0.15, -0.1) is 0 Å². The number of nitro groups is 1. The van der Waals surface area contributed by atoms with E-state index in [4.69, 9.17) is 0 Å². The fourth-order valence-corrected chi connectivity index (χ4v) is 1.04. The number of aliphatic hydroxyl groups is 1. The largest absolute Gasteiger partial charge is 0.386 e. The Morgan fingerprint density at radius 3 is 2.43 bits per heavy atom. The first-order chi connectivity index (χ1) is 6.32. The molecule has 0 saturated carbocycles. The van der Waals surface area contributed by atoms with Crippen molar-refractivity contribution >= 4 is 5.69 Å². The number of nitrogens with zero attached hydrogens (tertiary/aromatic N) is 1. The van der Waals surface area contributed by atoms with Crippen molar-refractivity contribution in [2.24, 2.45) is 0 Å². The van der Waals surface area contributed by atoms with Crippen molar-refractivity contribution in [1.29, 1.82) is 0 Å². The van der Waals surface area contributed by atoms with Gasteiger partial charge in [-0.25, -0.2) is 0 Å². The summed E-state index contributed by atoms with van der Waals surface area (Å²) in [6, 6.07) is 3.35. The van der Waals surface area contributed by atoms with Crippen LogP contribution in [0, 0.1) is 15.9 Å². The molecule has 0 spiro atoms. The van der Waals surface area contributed by atoms with Crippen molar-refractivity contribution in [1.82, 2.24) is 0 Å². The molecule has 1 N–H and O–H groups in total. The standard InChI is InChI=1S/C9H10FNO3/c1-9(2,12)6-3-4-8(11(13)14)7(10)5-6/h3-5,12H,1-2H3. The van der Waals surface area contributed by atoms with Crippen LogP contribution in [0.25, 0.3) is 0 Å². The second-order valence-electron chi connectivity index (χ2n) is 3.48.